The zero-order valence-corrected chi connectivity index (χ0v) is 15.8. The molecule has 0 unspecified atom stereocenters. The Bertz CT molecular complexity index is 1060. The zero-order chi connectivity index (χ0) is 19.0. The van der Waals surface area contributed by atoms with Crippen molar-refractivity contribution in [2.75, 3.05) is 20.8 Å². The number of rotatable bonds is 4. The van der Waals surface area contributed by atoms with Crippen LogP contribution in [0.15, 0.2) is 35.1 Å². The third kappa shape index (κ3) is 3.40. The Labute approximate surface area is 157 Å². The second kappa shape index (κ2) is 7.04. The monoisotopic (exact) mass is 365 g/mol. The molecular formula is C21H23N3O3. The molecule has 0 aliphatic carbocycles. The van der Waals surface area contributed by atoms with Crippen molar-refractivity contribution in [3.63, 3.8) is 0 Å². The van der Waals surface area contributed by atoms with E-state index < -0.39 is 0 Å². The number of hydrogen-bond donors (Lipinski definition) is 1. The van der Waals surface area contributed by atoms with Gasteiger partial charge in [-0.25, -0.2) is 4.98 Å². The first-order valence-electron chi connectivity index (χ1n) is 9.03. The molecule has 0 spiro atoms. The molecule has 1 N–H and O–H groups in total. The third-order valence-electron chi connectivity index (χ3n) is 5.09. The van der Waals surface area contributed by atoms with Crippen LogP contribution in [0.2, 0.25) is 0 Å². The van der Waals surface area contributed by atoms with Gasteiger partial charge in [-0.1, -0.05) is 23.8 Å². The number of nitrogens with one attached hydrogen (secondary N) is 1. The van der Waals surface area contributed by atoms with E-state index >= 15 is 0 Å². The van der Waals surface area contributed by atoms with Crippen LogP contribution in [0, 0.1) is 6.92 Å². The number of ether oxygens (including phenoxy) is 2. The van der Waals surface area contributed by atoms with E-state index in [1.807, 2.05) is 0 Å². The molecule has 1 aromatic heterocycles. The molecule has 140 valence electrons. The van der Waals surface area contributed by atoms with Crippen LogP contribution in [-0.4, -0.2) is 35.6 Å². The third-order valence-corrected chi connectivity index (χ3v) is 5.09. The van der Waals surface area contributed by atoms with Gasteiger partial charge in [0.25, 0.3) is 5.56 Å². The summed E-state index contributed by atoms with van der Waals surface area (Å²) in [4.78, 5) is 22.4. The van der Waals surface area contributed by atoms with Crippen LogP contribution < -0.4 is 15.0 Å². The SMILES string of the molecule is COc1cc2nc(CN3CCc4ccc(C)cc4C3)[nH]c(=O)c2cc1OC. The second-order valence-corrected chi connectivity index (χ2v) is 6.97. The minimum Gasteiger partial charge on any atom is -0.493 e. The van der Waals surface area contributed by atoms with Gasteiger partial charge in [-0.2, -0.15) is 0 Å². The van der Waals surface area contributed by atoms with Crippen molar-refractivity contribution in [3.8, 4) is 11.5 Å². The molecule has 3 aromatic rings. The fraction of sp³-hybridized carbons (Fsp3) is 0.333. The van der Waals surface area contributed by atoms with Crippen LogP contribution in [0.25, 0.3) is 10.9 Å². The van der Waals surface area contributed by atoms with Crippen molar-refractivity contribution < 1.29 is 9.47 Å². The van der Waals surface area contributed by atoms with Gasteiger partial charge in [-0.3, -0.25) is 9.69 Å². The second-order valence-electron chi connectivity index (χ2n) is 6.97. The molecule has 6 heteroatoms. The van der Waals surface area contributed by atoms with E-state index in [0.29, 0.717) is 34.8 Å². The summed E-state index contributed by atoms with van der Waals surface area (Å²) in [5.74, 6) is 1.75. The van der Waals surface area contributed by atoms with Gasteiger partial charge in [-0.15, -0.1) is 0 Å². The molecule has 0 amide bonds. The lowest BCUT2D eigenvalue weighted by molar-refractivity contribution is 0.239. The maximum absolute atomic E-state index is 12.5. The Morgan fingerprint density at radius 2 is 1.89 bits per heavy atom. The molecule has 6 nitrogen and oxygen atoms in total. The van der Waals surface area contributed by atoms with Crippen LogP contribution in [0.4, 0.5) is 0 Å². The molecule has 27 heavy (non-hydrogen) atoms. The number of H-pyrrole nitrogens is 1. The lowest BCUT2D eigenvalue weighted by Crippen LogP contribution is -2.31. The number of aromatic nitrogens is 2. The first-order chi connectivity index (χ1) is 13.1. The minimum absolute atomic E-state index is 0.163. The van der Waals surface area contributed by atoms with Crippen molar-refractivity contribution in [2.24, 2.45) is 0 Å². The van der Waals surface area contributed by atoms with Gasteiger partial charge in [0.15, 0.2) is 11.5 Å². The van der Waals surface area contributed by atoms with E-state index in [4.69, 9.17) is 9.47 Å². The maximum atomic E-state index is 12.5. The van der Waals surface area contributed by atoms with Crippen molar-refractivity contribution in [1.29, 1.82) is 0 Å². The maximum Gasteiger partial charge on any atom is 0.258 e. The smallest absolute Gasteiger partial charge is 0.258 e. The molecule has 0 saturated carbocycles. The first kappa shape index (κ1) is 17.5. The zero-order valence-electron chi connectivity index (χ0n) is 15.8. The van der Waals surface area contributed by atoms with E-state index in [-0.39, 0.29) is 5.56 Å². The fourth-order valence-electron chi connectivity index (χ4n) is 3.68. The Morgan fingerprint density at radius 3 is 2.67 bits per heavy atom. The summed E-state index contributed by atoms with van der Waals surface area (Å²) < 4.78 is 10.6. The standard InChI is InChI=1S/C21H23N3O3/c1-13-4-5-14-6-7-24(11-15(14)8-13)12-20-22-17-10-19(27-3)18(26-2)9-16(17)21(25)23-20/h4-5,8-10H,6-7,11-12H2,1-3H3,(H,22,23,25). The summed E-state index contributed by atoms with van der Waals surface area (Å²) in [6.07, 6.45) is 1.01. The number of aryl methyl sites for hydroxylation is 1. The predicted octanol–water partition coefficient (Wildman–Crippen LogP) is 2.81. The van der Waals surface area contributed by atoms with Gasteiger partial charge in [0.05, 0.1) is 31.7 Å². The summed E-state index contributed by atoms with van der Waals surface area (Å²) in [6, 6.07) is 10.1. The Morgan fingerprint density at radius 1 is 1.11 bits per heavy atom. The van der Waals surface area contributed by atoms with E-state index in [1.165, 1.54) is 16.7 Å². The largest absolute Gasteiger partial charge is 0.493 e. The lowest BCUT2D eigenvalue weighted by atomic mass is 9.98. The number of nitrogens with zero attached hydrogens (tertiary/aromatic N) is 2. The van der Waals surface area contributed by atoms with Crippen molar-refractivity contribution in [1.82, 2.24) is 14.9 Å². The molecule has 2 aromatic carbocycles. The number of aromatic amines is 1. The van der Waals surface area contributed by atoms with Crippen molar-refractivity contribution in [2.45, 2.75) is 26.4 Å². The summed E-state index contributed by atoms with van der Waals surface area (Å²) in [6.45, 7) is 4.53. The highest BCUT2D eigenvalue weighted by Crippen LogP contribution is 2.30. The molecule has 0 saturated heterocycles. The van der Waals surface area contributed by atoms with E-state index in [9.17, 15) is 4.79 Å². The average Bonchev–Trinajstić information content (AvgIpc) is 2.66. The van der Waals surface area contributed by atoms with Crippen LogP contribution in [0.5, 0.6) is 11.5 Å². The van der Waals surface area contributed by atoms with Crippen molar-refractivity contribution >= 4 is 10.9 Å². The van der Waals surface area contributed by atoms with Gasteiger partial charge in [0, 0.05) is 19.2 Å². The average molecular weight is 365 g/mol. The summed E-state index contributed by atoms with van der Waals surface area (Å²) >= 11 is 0. The van der Waals surface area contributed by atoms with Gasteiger partial charge >= 0.3 is 0 Å². The fourth-order valence-corrected chi connectivity index (χ4v) is 3.68. The topological polar surface area (TPSA) is 67.5 Å². The number of methoxy groups -OCH3 is 2. The van der Waals surface area contributed by atoms with Gasteiger partial charge in [0.1, 0.15) is 5.82 Å². The molecule has 0 bridgehead atoms. The van der Waals surface area contributed by atoms with E-state index in [2.05, 4.69) is 40.0 Å². The summed E-state index contributed by atoms with van der Waals surface area (Å²) in [7, 11) is 3.13. The Kier molecular flexibility index (Phi) is 4.58. The molecule has 1 aliphatic rings. The summed E-state index contributed by atoms with van der Waals surface area (Å²) in [5.41, 5.74) is 4.49. The number of benzene rings is 2. The molecule has 2 heterocycles. The van der Waals surface area contributed by atoms with Gasteiger partial charge < -0.3 is 14.5 Å². The highest BCUT2D eigenvalue weighted by atomic mass is 16.5. The van der Waals surface area contributed by atoms with Crippen molar-refractivity contribution in [3.05, 3.63) is 63.2 Å². The van der Waals surface area contributed by atoms with Crippen LogP contribution in [0.3, 0.4) is 0 Å². The molecule has 4 rings (SSSR count). The first-order valence-corrected chi connectivity index (χ1v) is 9.03. The van der Waals surface area contributed by atoms with Crippen LogP contribution in [0.1, 0.15) is 22.5 Å². The normalized spacial score (nSPS) is 14.2. The van der Waals surface area contributed by atoms with Crippen LogP contribution >= 0.6 is 0 Å². The number of hydrogen-bond acceptors (Lipinski definition) is 5. The molecular weight excluding hydrogens is 342 g/mol. The molecule has 0 atom stereocenters. The highest BCUT2D eigenvalue weighted by molar-refractivity contribution is 5.81. The van der Waals surface area contributed by atoms with Gasteiger partial charge in [-0.05, 0) is 30.5 Å². The minimum atomic E-state index is -0.163. The Balaban J connectivity index is 1.64. The predicted molar refractivity (Wildman–Crippen MR) is 104 cm³/mol. The number of fused-ring (bicyclic) bond motifs is 2. The quantitative estimate of drug-likeness (QED) is 0.770. The van der Waals surface area contributed by atoms with Gasteiger partial charge in [0.2, 0.25) is 0 Å². The van der Waals surface area contributed by atoms with E-state index in [1.54, 1.807) is 26.4 Å². The molecule has 0 fully saturated rings. The summed E-state index contributed by atoms with van der Waals surface area (Å²) in [5, 5.41) is 0.496. The van der Waals surface area contributed by atoms with Crippen LogP contribution in [-0.2, 0) is 19.5 Å². The highest BCUT2D eigenvalue weighted by Gasteiger charge is 2.18. The van der Waals surface area contributed by atoms with E-state index in [0.717, 1.165) is 19.5 Å². The Hall–Kier alpha value is -2.86. The molecule has 1 aliphatic heterocycles. The molecule has 0 radical (unpaired) electrons. The lowest BCUT2D eigenvalue weighted by Gasteiger charge is -2.28.